The van der Waals surface area contributed by atoms with Crippen molar-refractivity contribution >= 4 is 34.7 Å². The van der Waals surface area contributed by atoms with E-state index in [-0.39, 0.29) is 23.9 Å². The Bertz CT molecular complexity index is 904. The fourth-order valence-electron chi connectivity index (χ4n) is 2.16. The van der Waals surface area contributed by atoms with E-state index >= 15 is 0 Å². The van der Waals surface area contributed by atoms with Crippen LogP contribution in [0.2, 0.25) is 0 Å². The van der Waals surface area contributed by atoms with Gasteiger partial charge in [0.25, 0.3) is 5.56 Å². The van der Waals surface area contributed by atoms with Gasteiger partial charge in [0.1, 0.15) is 12.3 Å². The summed E-state index contributed by atoms with van der Waals surface area (Å²) in [5.74, 6) is 0.771. The van der Waals surface area contributed by atoms with E-state index in [1.54, 1.807) is 23.6 Å². The minimum Gasteiger partial charge on any atom is -0.459 e. The highest BCUT2D eigenvalue weighted by atomic mass is 32.2. The third-order valence-corrected chi connectivity index (χ3v) is 5.30. The summed E-state index contributed by atoms with van der Waals surface area (Å²) in [5, 5.41) is 2.01. The quantitative estimate of drug-likeness (QED) is 0.632. The Hall–Kier alpha value is -2.12. The summed E-state index contributed by atoms with van der Waals surface area (Å²) in [6.07, 6.45) is 1.74. The average Bonchev–Trinajstić information content (AvgIpc) is 3.07. The van der Waals surface area contributed by atoms with E-state index < -0.39 is 0 Å². The molecule has 0 spiro atoms. The van der Waals surface area contributed by atoms with Crippen molar-refractivity contribution in [1.82, 2.24) is 9.38 Å². The van der Waals surface area contributed by atoms with E-state index in [9.17, 15) is 9.59 Å². The van der Waals surface area contributed by atoms with E-state index in [1.165, 1.54) is 27.1 Å². The normalized spacial score (nSPS) is 10.9. The molecule has 0 aliphatic carbocycles. The number of aromatic nitrogens is 2. The maximum absolute atomic E-state index is 12.1. The number of fused-ring (bicyclic) bond motifs is 1. The van der Waals surface area contributed by atoms with Crippen LogP contribution in [0.1, 0.15) is 16.1 Å². The molecule has 0 amide bonds. The zero-order valence-electron chi connectivity index (χ0n) is 13.1. The number of thioether (sulfide) groups is 1. The summed E-state index contributed by atoms with van der Waals surface area (Å²) in [6.45, 7) is 1.92. The monoisotopic (exact) mass is 360 g/mol. The molecule has 3 heterocycles. The zero-order chi connectivity index (χ0) is 16.9. The van der Waals surface area contributed by atoms with Gasteiger partial charge >= 0.3 is 5.97 Å². The minimum absolute atomic E-state index is 0.0119. The van der Waals surface area contributed by atoms with Gasteiger partial charge in [-0.15, -0.1) is 23.1 Å². The smallest absolute Gasteiger partial charge is 0.316 e. The van der Waals surface area contributed by atoms with Gasteiger partial charge < -0.3 is 4.74 Å². The molecule has 5 nitrogen and oxygen atoms in total. The fraction of sp³-hybridized carbons (Fsp3) is 0.235. The number of carbonyl (C=O) groups is 1. The molecule has 0 aromatic carbocycles. The fourth-order valence-corrected chi connectivity index (χ4v) is 3.82. The Labute approximate surface area is 147 Å². The van der Waals surface area contributed by atoms with Crippen LogP contribution in [-0.4, -0.2) is 21.1 Å². The Balaban J connectivity index is 1.56. The van der Waals surface area contributed by atoms with Gasteiger partial charge in [-0.1, -0.05) is 12.1 Å². The first-order valence-electron chi connectivity index (χ1n) is 7.36. The van der Waals surface area contributed by atoms with Gasteiger partial charge in [0.2, 0.25) is 0 Å². The molecule has 0 aliphatic heterocycles. The molecule has 0 radical (unpaired) electrons. The predicted molar refractivity (Wildman–Crippen MR) is 96.5 cm³/mol. The molecule has 7 heteroatoms. The Kier molecular flexibility index (Phi) is 5.32. The number of hydrogen-bond donors (Lipinski definition) is 0. The first-order valence-corrected chi connectivity index (χ1v) is 9.40. The van der Waals surface area contributed by atoms with Crippen molar-refractivity contribution in [2.24, 2.45) is 0 Å². The molecule has 0 atom stereocenters. The van der Waals surface area contributed by atoms with E-state index in [1.807, 2.05) is 30.5 Å². The van der Waals surface area contributed by atoms with Gasteiger partial charge in [-0.05, 0) is 30.0 Å². The maximum Gasteiger partial charge on any atom is 0.316 e. The van der Waals surface area contributed by atoms with Crippen molar-refractivity contribution in [1.29, 1.82) is 0 Å². The standard InChI is InChI=1S/C17H16N2O3S2/c1-12-4-5-15-18-13(7-16(20)19(15)8-12)9-22-17(21)11-23-10-14-3-2-6-24-14/h2-8H,9-11H2,1H3. The van der Waals surface area contributed by atoms with Crippen LogP contribution in [0.25, 0.3) is 5.65 Å². The van der Waals surface area contributed by atoms with E-state index in [0.29, 0.717) is 11.3 Å². The highest BCUT2D eigenvalue weighted by Crippen LogP contribution is 2.17. The maximum atomic E-state index is 12.1. The molecule has 0 unspecified atom stereocenters. The Morgan fingerprint density at radius 2 is 2.25 bits per heavy atom. The molecule has 0 bridgehead atoms. The van der Waals surface area contributed by atoms with Crippen molar-refractivity contribution < 1.29 is 9.53 Å². The SMILES string of the molecule is Cc1ccc2nc(COC(=O)CSCc3cccs3)cc(=O)n2c1. The molecule has 0 N–H and O–H groups in total. The lowest BCUT2D eigenvalue weighted by molar-refractivity contribution is -0.141. The van der Waals surface area contributed by atoms with Crippen LogP contribution >= 0.6 is 23.1 Å². The van der Waals surface area contributed by atoms with Crippen LogP contribution in [-0.2, 0) is 21.9 Å². The van der Waals surface area contributed by atoms with E-state index in [2.05, 4.69) is 4.98 Å². The molecule has 0 saturated heterocycles. The van der Waals surface area contributed by atoms with Crippen LogP contribution in [0.3, 0.4) is 0 Å². The third-order valence-electron chi connectivity index (χ3n) is 3.29. The highest BCUT2D eigenvalue weighted by molar-refractivity contribution is 7.99. The summed E-state index contributed by atoms with van der Waals surface area (Å²) in [6, 6.07) is 9.09. The molecular formula is C17H16N2O3S2. The zero-order valence-corrected chi connectivity index (χ0v) is 14.7. The second-order valence-corrected chi connectivity index (χ2v) is 7.27. The van der Waals surface area contributed by atoms with Crippen LogP contribution in [0.4, 0.5) is 0 Å². The van der Waals surface area contributed by atoms with Crippen molar-refractivity contribution in [3.05, 3.63) is 68.4 Å². The van der Waals surface area contributed by atoms with Crippen LogP contribution in [0.15, 0.2) is 46.7 Å². The molecule has 124 valence electrons. The molecule has 3 aromatic heterocycles. The largest absolute Gasteiger partial charge is 0.459 e. The van der Waals surface area contributed by atoms with Crippen LogP contribution in [0.5, 0.6) is 0 Å². The molecule has 3 aromatic rings. The number of thiophene rings is 1. The van der Waals surface area contributed by atoms with Gasteiger partial charge in [0, 0.05) is 22.9 Å². The molecule has 0 fully saturated rings. The lowest BCUT2D eigenvalue weighted by Crippen LogP contribution is -2.17. The lowest BCUT2D eigenvalue weighted by Gasteiger charge is -2.06. The van der Waals surface area contributed by atoms with E-state index in [4.69, 9.17) is 4.74 Å². The number of esters is 1. The number of pyridine rings is 1. The molecule has 0 aliphatic rings. The lowest BCUT2D eigenvalue weighted by atomic mass is 10.3. The first-order chi connectivity index (χ1) is 11.6. The second kappa shape index (κ2) is 7.63. The van der Waals surface area contributed by atoms with Crippen molar-refractivity contribution in [3.8, 4) is 0 Å². The summed E-state index contributed by atoms with van der Waals surface area (Å²) in [7, 11) is 0. The van der Waals surface area contributed by atoms with Crippen molar-refractivity contribution in [3.63, 3.8) is 0 Å². The van der Waals surface area contributed by atoms with Gasteiger partial charge in [0.05, 0.1) is 11.4 Å². The average molecular weight is 360 g/mol. The number of ether oxygens (including phenoxy) is 1. The van der Waals surface area contributed by atoms with Crippen LogP contribution in [0, 0.1) is 6.92 Å². The highest BCUT2D eigenvalue weighted by Gasteiger charge is 2.07. The van der Waals surface area contributed by atoms with Crippen LogP contribution < -0.4 is 5.56 Å². The molecule has 3 rings (SSSR count). The van der Waals surface area contributed by atoms with Gasteiger partial charge in [-0.2, -0.15) is 0 Å². The number of nitrogens with zero attached hydrogens (tertiary/aromatic N) is 2. The Morgan fingerprint density at radius 1 is 1.38 bits per heavy atom. The van der Waals surface area contributed by atoms with Gasteiger partial charge in [-0.3, -0.25) is 14.0 Å². The summed E-state index contributed by atoms with van der Waals surface area (Å²) in [5.41, 5.74) is 1.81. The van der Waals surface area contributed by atoms with Gasteiger partial charge in [-0.25, -0.2) is 4.98 Å². The second-order valence-electron chi connectivity index (χ2n) is 5.25. The minimum atomic E-state index is -0.303. The van der Waals surface area contributed by atoms with Gasteiger partial charge in [0.15, 0.2) is 0 Å². The molecular weight excluding hydrogens is 344 g/mol. The first kappa shape index (κ1) is 16.7. The van der Waals surface area contributed by atoms with Crippen molar-refractivity contribution in [2.45, 2.75) is 19.3 Å². The van der Waals surface area contributed by atoms with E-state index in [0.717, 1.165) is 11.3 Å². The number of hydrogen-bond acceptors (Lipinski definition) is 6. The number of rotatable bonds is 6. The third kappa shape index (κ3) is 4.24. The Morgan fingerprint density at radius 3 is 3.04 bits per heavy atom. The summed E-state index contributed by atoms with van der Waals surface area (Å²) in [4.78, 5) is 29.4. The topological polar surface area (TPSA) is 60.7 Å². The predicted octanol–water partition coefficient (Wildman–Crippen LogP) is 3.04. The van der Waals surface area contributed by atoms with Crippen molar-refractivity contribution in [2.75, 3.05) is 5.75 Å². The number of aryl methyl sites for hydroxylation is 1. The summed E-state index contributed by atoms with van der Waals surface area (Å²) >= 11 is 3.18. The molecule has 24 heavy (non-hydrogen) atoms. The summed E-state index contributed by atoms with van der Waals surface area (Å²) < 4.78 is 6.69. The number of carbonyl (C=O) groups excluding carboxylic acids is 1. The molecule has 0 saturated carbocycles.